The van der Waals surface area contributed by atoms with E-state index in [2.05, 4.69) is 5.32 Å². The number of carbonyl (C=O) groups excluding carboxylic acids is 1. The topological polar surface area (TPSA) is 102 Å². The van der Waals surface area contributed by atoms with Crippen molar-refractivity contribution in [1.82, 2.24) is 4.90 Å². The molecule has 0 aliphatic heterocycles. The summed E-state index contributed by atoms with van der Waals surface area (Å²) in [6, 6.07) is 4.37. The maximum Gasteiger partial charge on any atom is 0.292 e. The van der Waals surface area contributed by atoms with Gasteiger partial charge in [0.05, 0.1) is 4.92 Å². The lowest BCUT2D eigenvalue weighted by Crippen LogP contribution is -2.31. The molecule has 1 saturated carbocycles. The van der Waals surface area contributed by atoms with Crippen molar-refractivity contribution in [2.24, 2.45) is 11.7 Å². The monoisotopic (exact) mass is 292 g/mol. The number of amides is 1. The molecule has 0 aromatic heterocycles. The van der Waals surface area contributed by atoms with Crippen LogP contribution in [0, 0.1) is 16.0 Å². The van der Waals surface area contributed by atoms with Crippen molar-refractivity contribution in [2.45, 2.75) is 18.9 Å². The highest BCUT2D eigenvalue weighted by Gasteiger charge is 2.31. The van der Waals surface area contributed by atoms with Crippen molar-refractivity contribution in [3.63, 3.8) is 0 Å². The Morgan fingerprint density at radius 1 is 1.52 bits per heavy atom. The van der Waals surface area contributed by atoms with E-state index in [1.165, 1.54) is 23.1 Å². The minimum absolute atomic E-state index is 0.00779. The van der Waals surface area contributed by atoms with Gasteiger partial charge in [-0.15, -0.1) is 0 Å². The molecule has 3 N–H and O–H groups in total. The van der Waals surface area contributed by atoms with Crippen LogP contribution in [0.4, 0.5) is 11.4 Å². The molecule has 1 aromatic carbocycles. The normalized spacial score (nSPS) is 15.4. The minimum atomic E-state index is -0.452. The van der Waals surface area contributed by atoms with Crippen LogP contribution < -0.4 is 11.1 Å². The number of nitro benzene ring substituents is 1. The molecule has 1 aliphatic carbocycles. The first-order chi connectivity index (χ1) is 9.93. The van der Waals surface area contributed by atoms with E-state index in [9.17, 15) is 14.9 Å². The number of nitrogens with one attached hydrogen (secondary N) is 1. The van der Waals surface area contributed by atoms with Crippen LogP contribution in [-0.4, -0.2) is 42.4 Å². The van der Waals surface area contributed by atoms with E-state index >= 15 is 0 Å². The number of anilines is 1. The summed E-state index contributed by atoms with van der Waals surface area (Å²) in [7, 11) is 3.29. The molecular weight excluding hydrogens is 272 g/mol. The van der Waals surface area contributed by atoms with Crippen LogP contribution in [0.1, 0.15) is 23.2 Å². The molecule has 1 aromatic rings. The number of hydrogen-bond acceptors (Lipinski definition) is 5. The Labute approximate surface area is 123 Å². The Kier molecular flexibility index (Phi) is 4.42. The van der Waals surface area contributed by atoms with Gasteiger partial charge in [0.2, 0.25) is 0 Å². The van der Waals surface area contributed by atoms with Crippen LogP contribution in [-0.2, 0) is 0 Å². The second-order valence-corrected chi connectivity index (χ2v) is 5.51. The molecule has 1 amide bonds. The number of nitrogens with zero attached hydrogens (tertiary/aromatic N) is 2. The number of benzene rings is 1. The molecule has 0 heterocycles. The number of carbonyl (C=O) groups is 1. The first-order valence-corrected chi connectivity index (χ1v) is 6.90. The van der Waals surface area contributed by atoms with Crippen LogP contribution in [0.25, 0.3) is 0 Å². The average Bonchev–Trinajstić information content (AvgIpc) is 3.27. The smallest absolute Gasteiger partial charge is 0.292 e. The van der Waals surface area contributed by atoms with Crippen molar-refractivity contribution in [3.8, 4) is 0 Å². The number of hydrogen-bond donors (Lipinski definition) is 2. The van der Waals surface area contributed by atoms with E-state index in [1.807, 2.05) is 0 Å². The summed E-state index contributed by atoms with van der Waals surface area (Å²) in [6.45, 7) is 0.410. The summed E-state index contributed by atoms with van der Waals surface area (Å²) in [4.78, 5) is 24.1. The van der Waals surface area contributed by atoms with Gasteiger partial charge in [0.1, 0.15) is 5.69 Å². The number of nitrogens with two attached hydrogens (primary N) is 1. The lowest BCUT2D eigenvalue weighted by molar-refractivity contribution is -0.384. The van der Waals surface area contributed by atoms with Gasteiger partial charge >= 0.3 is 0 Å². The molecule has 1 fully saturated rings. The fourth-order valence-electron chi connectivity index (χ4n) is 2.27. The highest BCUT2D eigenvalue weighted by molar-refractivity contribution is 5.95. The second kappa shape index (κ2) is 6.09. The second-order valence-electron chi connectivity index (χ2n) is 5.51. The van der Waals surface area contributed by atoms with E-state index in [0.29, 0.717) is 23.7 Å². The maximum atomic E-state index is 12.0. The molecule has 1 aliphatic rings. The van der Waals surface area contributed by atoms with Crippen LogP contribution in [0.3, 0.4) is 0 Å². The third-order valence-corrected chi connectivity index (χ3v) is 3.63. The highest BCUT2D eigenvalue weighted by atomic mass is 16.6. The standard InChI is InChI=1S/C14H20N4O3/c1-17(2)14(19)10-5-6-13(18(20)21)11(7-10)16-12(8-15)9-3-4-9/h5-7,9,12,16H,3-4,8,15H2,1-2H3. The Morgan fingerprint density at radius 3 is 2.67 bits per heavy atom. The average molecular weight is 292 g/mol. The fourth-order valence-corrected chi connectivity index (χ4v) is 2.27. The fraction of sp³-hybridized carbons (Fsp3) is 0.500. The summed E-state index contributed by atoms with van der Waals surface area (Å²) in [5.41, 5.74) is 6.46. The van der Waals surface area contributed by atoms with Crippen LogP contribution in [0.5, 0.6) is 0 Å². The summed E-state index contributed by atoms with van der Waals surface area (Å²) >= 11 is 0. The molecule has 0 saturated heterocycles. The maximum absolute atomic E-state index is 12.0. The van der Waals surface area contributed by atoms with Crippen molar-refractivity contribution in [2.75, 3.05) is 26.0 Å². The van der Waals surface area contributed by atoms with Gasteiger partial charge in [-0.2, -0.15) is 0 Å². The number of nitro groups is 1. The van der Waals surface area contributed by atoms with E-state index in [0.717, 1.165) is 12.8 Å². The van der Waals surface area contributed by atoms with Gasteiger partial charge < -0.3 is 16.0 Å². The molecule has 7 heteroatoms. The molecule has 1 unspecified atom stereocenters. The van der Waals surface area contributed by atoms with Crippen molar-refractivity contribution in [1.29, 1.82) is 0 Å². The first kappa shape index (κ1) is 15.2. The predicted molar refractivity (Wildman–Crippen MR) is 80.3 cm³/mol. The van der Waals surface area contributed by atoms with Gasteiger partial charge in [-0.1, -0.05) is 0 Å². The van der Waals surface area contributed by atoms with E-state index < -0.39 is 4.92 Å². The van der Waals surface area contributed by atoms with Crippen LogP contribution >= 0.6 is 0 Å². The Morgan fingerprint density at radius 2 is 2.19 bits per heavy atom. The molecule has 114 valence electrons. The summed E-state index contributed by atoms with van der Waals surface area (Å²) in [5.74, 6) is 0.270. The Bertz CT molecular complexity index is 555. The van der Waals surface area contributed by atoms with Crippen molar-refractivity contribution in [3.05, 3.63) is 33.9 Å². The van der Waals surface area contributed by atoms with E-state index in [4.69, 9.17) is 5.73 Å². The molecule has 0 bridgehead atoms. The molecule has 2 rings (SSSR count). The largest absolute Gasteiger partial charge is 0.375 e. The summed E-state index contributed by atoms with van der Waals surface area (Å²) < 4.78 is 0. The van der Waals surface area contributed by atoms with Gasteiger partial charge in [-0.05, 0) is 30.9 Å². The van der Waals surface area contributed by atoms with E-state index in [-0.39, 0.29) is 17.6 Å². The zero-order chi connectivity index (χ0) is 15.6. The summed E-state index contributed by atoms with van der Waals surface area (Å²) in [6.07, 6.45) is 2.16. The third kappa shape index (κ3) is 3.49. The Hall–Kier alpha value is -2.15. The Balaban J connectivity index is 2.32. The zero-order valence-corrected chi connectivity index (χ0v) is 12.2. The van der Waals surface area contributed by atoms with Crippen LogP contribution in [0.2, 0.25) is 0 Å². The summed E-state index contributed by atoms with van der Waals surface area (Å²) in [5, 5.41) is 14.3. The lowest BCUT2D eigenvalue weighted by Gasteiger charge is -2.18. The lowest BCUT2D eigenvalue weighted by atomic mass is 10.1. The van der Waals surface area contributed by atoms with Crippen LogP contribution in [0.15, 0.2) is 18.2 Å². The van der Waals surface area contributed by atoms with Gasteiger partial charge in [-0.3, -0.25) is 14.9 Å². The number of rotatable bonds is 6. The molecule has 0 spiro atoms. The van der Waals surface area contributed by atoms with E-state index in [1.54, 1.807) is 14.1 Å². The first-order valence-electron chi connectivity index (χ1n) is 6.90. The molecular formula is C14H20N4O3. The zero-order valence-electron chi connectivity index (χ0n) is 12.2. The van der Waals surface area contributed by atoms with Gasteiger partial charge in [0.15, 0.2) is 0 Å². The quantitative estimate of drug-likeness (QED) is 0.610. The van der Waals surface area contributed by atoms with Gasteiger partial charge in [-0.25, -0.2) is 0 Å². The molecule has 1 atom stereocenters. The molecule has 21 heavy (non-hydrogen) atoms. The minimum Gasteiger partial charge on any atom is -0.375 e. The molecule has 7 nitrogen and oxygen atoms in total. The SMILES string of the molecule is CN(C)C(=O)c1ccc([N+](=O)[O-])c(NC(CN)C2CC2)c1. The van der Waals surface area contributed by atoms with Crippen molar-refractivity contribution >= 4 is 17.3 Å². The predicted octanol–water partition coefficient (Wildman–Crippen LogP) is 1.45. The van der Waals surface area contributed by atoms with Gasteiger partial charge in [0, 0.05) is 38.3 Å². The van der Waals surface area contributed by atoms with Gasteiger partial charge in [0.25, 0.3) is 11.6 Å². The molecule has 0 radical (unpaired) electrons. The highest BCUT2D eigenvalue weighted by Crippen LogP contribution is 2.35. The van der Waals surface area contributed by atoms with Crippen molar-refractivity contribution < 1.29 is 9.72 Å². The third-order valence-electron chi connectivity index (χ3n) is 3.63.